The lowest BCUT2D eigenvalue weighted by molar-refractivity contribution is 0.0866. The van der Waals surface area contributed by atoms with Gasteiger partial charge in [-0.05, 0) is 36.5 Å². The Kier molecular flexibility index (Phi) is 4.34. The lowest BCUT2D eigenvalue weighted by atomic mass is 9.86. The Hall–Kier alpha value is -1.13. The van der Waals surface area contributed by atoms with Gasteiger partial charge in [0.1, 0.15) is 0 Å². The summed E-state index contributed by atoms with van der Waals surface area (Å²) in [6.07, 6.45) is 3.69. The van der Waals surface area contributed by atoms with Crippen molar-refractivity contribution in [3.8, 4) is 5.75 Å². The molecule has 17 heavy (non-hydrogen) atoms. The molecule has 0 atom stereocenters. The number of hydroxylamine groups is 1. The van der Waals surface area contributed by atoms with Crippen LogP contribution in [0.3, 0.4) is 0 Å². The highest BCUT2D eigenvalue weighted by Crippen LogP contribution is 2.28. The predicted molar refractivity (Wildman–Crippen MR) is 63.1 cm³/mol. The van der Waals surface area contributed by atoms with Gasteiger partial charge in [0, 0.05) is 6.54 Å². The third kappa shape index (κ3) is 3.41. The van der Waals surface area contributed by atoms with Crippen LogP contribution in [0, 0.1) is 11.7 Å². The summed E-state index contributed by atoms with van der Waals surface area (Å²) in [6.45, 7) is 1.11. The molecule has 4 heteroatoms. The summed E-state index contributed by atoms with van der Waals surface area (Å²) >= 11 is 0. The zero-order valence-electron chi connectivity index (χ0n) is 10.0. The third-order valence-electron chi connectivity index (χ3n) is 3.12. The smallest absolute Gasteiger partial charge is 0.165 e. The standard InChI is InChI=1S/C13H18FNO2/c1-16-15-8-11-5-6-13(12(14)7-11)17-9-10-3-2-4-10/h5-7,10,15H,2-4,8-9H2,1H3. The van der Waals surface area contributed by atoms with Crippen molar-refractivity contribution in [2.75, 3.05) is 13.7 Å². The average molecular weight is 239 g/mol. The van der Waals surface area contributed by atoms with E-state index < -0.39 is 0 Å². The second kappa shape index (κ2) is 5.98. The summed E-state index contributed by atoms with van der Waals surface area (Å²) in [6, 6.07) is 4.99. The van der Waals surface area contributed by atoms with E-state index in [2.05, 4.69) is 5.48 Å². The fourth-order valence-electron chi connectivity index (χ4n) is 1.79. The fraction of sp³-hybridized carbons (Fsp3) is 0.538. The Labute approximate surface area is 101 Å². The number of benzene rings is 1. The van der Waals surface area contributed by atoms with Crippen LogP contribution in [0.15, 0.2) is 18.2 Å². The molecule has 1 saturated carbocycles. The molecule has 0 unspecified atom stereocenters. The van der Waals surface area contributed by atoms with Crippen LogP contribution in [0.1, 0.15) is 24.8 Å². The zero-order valence-corrected chi connectivity index (χ0v) is 10.0. The lowest BCUT2D eigenvalue weighted by Crippen LogP contribution is -2.19. The Morgan fingerprint density at radius 1 is 1.41 bits per heavy atom. The van der Waals surface area contributed by atoms with Crippen LogP contribution in [0.2, 0.25) is 0 Å². The highest BCUT2D eigenvalue weighted by Gasteiger charge is 2.18. The summed E-state index contributed by atoms with van der Waals surface area (Å²) in [5.41, 5.74) is 3.51. The first-order chi connectivity index (χ1) is 8.29. The molecule has 94 valence electrons. The quantitative estimate of drug-likeness (QED) is 0.774. The first-order valence-corrected chi connectivity index (χ1v) is 5.96. The average Bonchev–Trinajstić information content (AvgIpc) is 2.27. The zero-order chi connectivity index (χ0) is 12.1. The summed E-state index contributed by atoms with van der Waals surface area (Å²) in [4.78, 5) is 4.71. The van der Waals surface area contributed by atoms with Crippen molar-refractivity contribution in [1.29, 1.82) is 0 Å². The number of nitrogens with one attached hydrogen (secondary N) is 1. The Morgan fingerprint density at radius 2 is 2.24 bits per heavy atom. The fourth-order valence-corrected chi connectivity index (χ4v) is 1.79. The number of hydrogen-bond donors (Lipinski definition) is 1. The highest BCUT2D eigenvalue weighted by atomic mass is 19.1. The molecule has 1 aliphatic carbocycles. The maximum atomic E-state index is 13.7. The molecule has 0 amide bonds. The Morgan fingerprint density at radius 3 is 2.82 bits per heavy atom. The first-order valence-electron chi connectivity index (χ1n) is 5.96. The molecule has 0 saturated heterocycles. The van der Waals surface area contributed by atoms with Gasteiger partial charge in [0.2, 0.25) is 0 Å². The third-order valence-corrected chi connectivity index (χ3v) is 3.12. The maximum Gasteiger partial charge on any atom is 0.165 e. The van der Waals surface area contributed by atoms with E-state index in [4.69, 9.17) is 9.57 Å². The molecular formula is C13H18FNO2. The minimum absolute atomic E-state index is 0.306. The molecule has 1 aromatic rings. The summed E-state index contributed by atoms with van der Waals surface area (Å²) in [5, 5.41) is 0. The van der Waals surface area contributed by atoms with Gasteiger partial charge >= 0.3 is 0 Å². The van der Waals surface area contributed by atoms with Gasteiger partial charge in [-0.25, -0.2) is 4.39 Å². The Balaban J connectivity index is 1.88. The Bertz CT molecular complexity index is 366. The molecule has 0 aromatic heterocycles. The topological polar surface area (TPSA) is 30.5 Å². The largest absolute Gasteiger partial charge is 0.490 e. The normalized spacial score (nSPS) is 15.6. The van der Waals surface area contributed by atoms with Crippen LogP contribution in [-0.2, 0) is 11.4 Å². The first kappa shape index (κ1) is 12.3. The molecule has 1 fully saturated rings. The van der Waals surface area contributed by atoms with E-state index in [9.17, 15) is 4.39 Å². The van der Waals surface area contributed by atoms with Crippen LogP contribution in [-0.4, -0.2) is 13.7 Å². The molecule has 2 rings (SSSR count). The molecule has 1 aliphatic rings. The second-order valence-corrected chi connectivity index (χ2v) is 4.40. The van der Waals surface area contributed by atoms with Crippen molar-refractivity contribution in [2.45, 2.75) is 25.8 Å². The molecule has 1 aromatic carbocycles. The van der Waals surface area contributed by atoms with E-state index in [-0.39, 0.29) is 5.82 Å². The minimum atomic E-state index is -0.306. The maximum absolute atomic E-state index is 13.7. The molecule has 0 aliphatic heterocycles. The van der Waals surface area contributed by atoms with Crippen LogP contribution in [0.25, 0.3) is 0 Å². The number of rotatable bonds is 6. The molecule has 1 N–H and O–H groups in total. The van der Waals surface area contributed by atoms with Crippen molar-refractivity contribution in [2.24, 2.45) is 5.92 Å². The SMILES string of the molecule is CONCc1ccc(OCC2CCC2)c(F)c1. The van der Waals surface area contributed by atoms with E-state index in [0.717, 1.165) is 5.56 Å². The van der Waals surface area contributed by atoms with Gasteiger partial charge in [0.15, 0.2) is 11.6 Å². The molecule has 0 heterocycles. The van der Waals surface area contributed by atoms with Crippen LogP contribution in [0.4, 0.5) is 4.39 Å². The summed E-state index contributed by atoms with van der Waals surface area (Å²) < 4.78 is 19.1. The monoisotopic (exact) mass is 239 g/mol. The van der Waals surface area contributed by atoms with Gasteiger partial charge in [-0.1, -0.05) is 12.5 Å². The van der Waals surface area contributed by atoms with Gasteiger partial charge in [0.05, 0.1) is 13.7 Å². The molecule has 0 spiro atoms. The van der Waals surface area contributed by atoms with Crippen LogP contribution in [0.5, 0.6) is 5.75 Å². The van der Waals surface area contributed by atoms with Crippen molar-refractivity contribution >= 4 is 0 Å². The highest BCUT2D eigenvalue weighted by molar-refractivity contribution is 5.29. The number of hydrogen-bond acceptors (Lipinski definition) is 3. The van der Waals surface area contributed by atoms with Crippen molar-refractivity contribution in [3.63, 3.8) is 0 Å². The van der Waals surface area contributed by atoms with Gasteiger partial charge in [0.25, 0.3) is 0 Å². The number of halogens is 1. The van der Waals surface area contributed by atoms with E-state index in [1.807, 2.05) is 6.07 Å². The van der Waals surface area contributed by atoms with Crippen LogP contribution >= 0.6 is 0 Å². The van der Waals surface area contributed by atoms with E-state index in [1.165, 1.54) is 32.4 Å². The van der Waals surface area contributed by atoms with Crippen molar-refractivity contribution < 1.29 is 14.0 Å². The molecular weight excluding hydrogens is 221 g/mol. The van der Waals surface area contributed by atoms with Crippen molar-refractivity contribution in [1.82, 2.24) is 5.48 Å². The van der Waals surface area contributed by atoms with Gasteiger partial charge in [-0.15, -0.1) is 0 Å². The van der Waals surface area contributed by atoms with Gasteiger partial charge in [-0.3, -0.25) is 0 Å². The summed E-state index contributed by atoms with van der Waals surface area (Å²) in [5.74, 6) is 0.655. The minimum Gasteiger partial charge on any atom is -0.490 e. The van der Waals surface area contributed by atoms with Crippen molar-refractivity contribution in [3.05, 3.63) is 29.6 Å². The molecule has 3 nitrogen and oxygen atoms in total. The number of ether oxygens (including phenoxy) is 1. The molecule has 0 radical (unpaired) electrons. The van der Waals surface area contributed by atoms with Gasteiger partial charge < -0.3 is 9.57 Å². The molecule has 0 bridgehead atoms. The van der Waals surface area contributed by atoms with E-state index >= 15 is 0 Å². The predicted octanol–water partition coefficient (Wildman–Crippen LogP) is 2.66. The van der Waals surface area contributed by atoms with E-state index in [0.29, 0.717) is 24.8 Å². The van der Waals surface area contributed by atoms with Gasteiger partial charge in [-0.2, -0.15) is 5.48 Å². The summed E-state index contributed by atoms with van der Waals surface area (Å²) in [7, 11) is 1.53. The van der Waals surface area contributed by atoms with E-state index in [1.54, 1.807) is 6.07 Å². The van der Waals surface area contributed by atoms with Crippen LogP contribution < -0.4 is 10.2 Å². The lowest BCUT2D eigenvalue weighted by Gasteiger charge is -2.25. The second-order valence-electron chi connectivity index (χ2n) is 4.40.